The summed E-state index contributed by atoms with van der Waals surface area (Å²) in [7, 11) is 0. The van der Waals surface area contributed by atoms with Crippen molar-refractivity contribution < 1.29 is 39.4 Å². The first-order valence-electron chi connectivity index (χ1n) is 11.4. The van der Waals surface area contributed by atoms with Crippen LogP contribution in [0, 0.1) is 11.6 Å². The van der Waals surface area contributed by atoms with Gasteiger partial charge in [-0.25, -0.2) is 8.78 Å². The van der Waals surface area contributed by atoms with E-state index in [0.717, 1.165) is 0 Å². The standard InChI is InChI=1S/C26H36F2O6/c1-14(2)18-7-5-16(9-20(18)27)11-26(34,25(33)24(32)23(31)22(30)13-29)12-17-6-8-19(15(3)4)21(28)10-17/h5-10,14-15,22-25,29-34H,11-13H2,1-4H3/t22-,23-,24+,25-/m1/s1. The second-order valence-corrected chi connectivity index (χ2v) is 9.65. The Morgan fingerprint density at radius 3 is 1.47 bits per heavy atom. The summed E-state index contributed by atoms with van der Waals surface area (Å²) in [5.41, 5.74) is -0.603. The van der Waals surface area contributed by atoms with Crippen LogP contribution in [0.15, 0.2) is 36.4 Å². The number of aliphatic hydroxyl groups is 6. The van der Waals surface area contributed by atoms with Crippen LogP contribution >= 0.6 is 0 Å². The molecule has 0 aliphatic carbocycles. The molecule has 6 nitrogen and oxygen atoms in total. The minimum absolute atomic E-state index is 0.0714. The van der Waals surface area contributed by atoms with Gasteiger partial charge < -0.3 is 30.6 Å². The molecule has 0 spiro atoms. The maximum Gasteiger partial charge on any atom is 0.126 e. The van der Waals surface area contributed by atoms with Gasteiger partial charge in [-0.15, -0.1) is 0 Å². The SMILES string of the molecule is CC(C)c1ccc(CC(O)(Cc2ccc(C(C)C)c(F)c2)[C@H](O)[C@@H](O)[C@H](O)[C@H](O)CO)cc1F. The molecule has 0 saturated heterocycles. The lowest BCUT2D eigenvalue weighted by atomic mass is 9.79. The Morgan fingerprint density at radius 2 is 1.15 bits per heavy atom. The van der Waals surface area contributed by atoms with Crippen LogP contribution in [0.5, 0.6) is 0 Å². The van der Waals surface area contributed by atoms with Crippen molar-refractivity contribution in [2.24, 2.45) is 0 Å². The highest BCUT2D eigenvalue weighted by Gasteiger charge is 2.44. The molecule has 4 atom stereocenters. The Bertz CT molecular complexity index is 889. The zero-order valence-corrected chi connectivity index (χ0v) is 20.0. The fourth-order valence-corrected chi connectivity index (χ4v) is 4.12. The van der Waals surface area contributed by atoms with Gasteiger partial charge in [-0.1, -0.05) is 52.0 Å². The summed E-state index contributed by atoms with van der Waals surface area (Å²) in [5, 5.41) is 61.6. The second-order valence-electron chi connectivity index (χ2n) is 9.65. The highest BCUT2D eigenvalue weighted by atomic mass is 19.1. The van der Waals surface area contributed by atoms with E-state index in [9.17, 15) is 34.3 Å². The van der Waals surface area contributed by atoms with Crippen molar-refractivity contribution in [1.29, 1.82) is 0 Å². The maximum atomic E-state index is 14.6. The average Bonchev–Trinajstić information content (AvgIpc) is 2.76. The summed E-state index contributed by atoms with van der Waals surface area (Å²) >= 11 is 0. The number of halogens is 2. The molecule has 2 aromatic carbocycles. The molecule has 0 aliphatic rings. The fourth-order valence-electron chi connectivity index (χ4n) is 4.12. The molecular formula is C26H36F2O6. The van der Waals surface area contributed by atoms with Gasteiger partial charge in [0, 0.05) is 12.8 Å². The van der Waals surface area contributed by atoms with Crippen molar-refractivity contribution in [2.75, 3.05) is 6.61 Å². The molecule has 0 aliphatic heterocycles. The third-order valence-electron chi connectivity index (χ3n) is 6.20. The Balaban J connectivity index is 2.45. The number of hydrogen-bond acceptors (Lipinski definition) is 6. The normalized spacial score (nSPS) is 16.1. The van der Waals surface area contributed by atoms with E-state index >= 15 is 0 Å². The summed E-state index contributed by atoms with van der Waals surface area (Å²) in [6.45, 7) is 6.44. The van der Waals surface area contributed by atoms with E-state index in [0.29, 0.717) is 22.3 Å². The molecule has 2 aromatic rings. The topological polar surface area (TPSA) is 121 Å². The van der Waals surface area contributed by atoms with E-state index in [-0.39, 0.29) is 24.7 Å². The first kappa shape index (κ1) is 28.3. The van der Waals surface area contributed by atoms with Crippen LogP contribution in [0.4, 0.5) is 8.78 Å². The van der Waals surface area contributed by atoms with E-state index in [1.165, 1.54) is 12.1 Å². The van der Waals surface area contributed by atoms with E-state index < -0.39 is 48.3 Å². The quantitative estimate of drug-likeness (QED) is 0.292. The van der Waals surface area contributed by atoms with Crippen LogP contribution in [0.3, 0.4) is 0 Å². The lowest BCUT2D eigenvalue weighted by molar-refractivity contribution is -0.172. The highest BCUT2D eigenvalue weighted by molar-refractivity contribution is 5.31. The van der Waals surface area contributed by atoms with Gasteiger partial charge >= 0.3 is 0 Å². The Labute approximate surface area is 199 Å². The van der Waals surface area contributed by atoms with E-state index in [4.69, 9.17) is 5.11 Å². The molecule has 0 heterocycles. The fraction of sp³-hybridized carbons (Fsp3) is 0.538. The summed E-state index contributed by atoms with van der Waals surface area (Å²) in [6, 6.07) is 8.76. The van der Waals surface area contributed by atoms with Crippen molar-refractivity contribution in [2.45, 2.75) is 82.4 Å². The van der Waals surface area contributed by atoms with Crippen LogP contribution in [0.1, 0.15) is 61.8 Å². The van der Waals surface area contributed by atoms with Gasteiger partial charge in [0.05, 0.1) is 6.61 Å². The molecule has 2 rings (SSSR count). The first-order valence-corrected chi connectivity index (χ1v) is 11.4. The molecule has 0 saturated carbocycles. The Morgan fingerprint density at radius 1 is 0.735 bits per heavy atom. The lowest BCUT2D eigenvalue weighted by Crippen LogP contribution is -2.57. The van der Waals surface area contributed by atoms with Crippen LogP contribution in [-0.4, -0.2) is 67.3 Å². The van der Waals surface area contributed by atoms with E-state index in [1.807, 2.05) is 27.7 Å². The van der Waals surface area contributed by atoms with Gasteiger partial charge in [0.25, 0.3) is 0 Å². The third-order valence-corrected chi connectivity index (χ3v) is 6.20. The molecule has 0 amide bonds. The van der Waals surface area contributed by atoms with E-state index in [1.54, 1.807) is 24.3 Å². The lowest BCUT2D eigenvalue weighted by Gasteiger charge is -2.38. The minimum Gasteiger partial charge on any atom is -0.394 e. The highest BCUT2D eigenvalue weighted by Crippen LogP contribution is 2.30. The first-order chi connectivity index (χ1) is 15.8. The van der Waals surface area contributed by atoms with Gasteiger partial charge in [-0.05, 0) is 46.2 Å². The second kappa shape index (κ2) is 11.7. The van der Waals surface area contributed by atoms with Crippen molar-refractivity contribution in [3.63, 3.8) is 0 Å². The molecule has 0 unspecified atom stereocenters. The van der Waals surface area contributed by atoms with Crippen LogP contribution in [0.2, 0.25) is 0 Å². The van der Waals surface area contributed by atoms with Gasteiger partial charge in [-0.2, -0.15) is 0 Å². The van der Waals surface area contributed by atoms with Gasteiger partial charge in [0.1, 0.15) is 41.7 Å². The smallest absolute Gasteiger partial charge is 0.126 e. The van der Waals surface area contributed by atoms with Crippen molar-refractivity contribution in [3.8, 4) is 0 Å². The molecule has 190 valence electrons. The predicted octanol–water partition coefficient (Wildman–Crippen LogP) is 2.16. The Kier molecular flexibility index (Phi) is 9.71. The largest absolute Gasteiger partial charge is 0.394 e. The van der Waals surface area contributed by atoms with Crippen LogP contribution in [-0.2, 0) is 12.8 Å². The summed E-state index contributed by atoms with van der Waals surface area (Å²) in [4.78, 5) is 0. The summed E-state index contributed by atoms with van der Waals surface area (Å²) < 4.78 is 29.1. The van der Waals surface area contributed by atoms with Crippen LogP contribution < -0.4 is 0 Å². The van der Waals surface area contributed by atoms with E-state index in [2.05, 4.69) is 0 Å². The number of benzene rings is 2. The van der Waals surface area contributed by atoms with Crippen molar-refractivity contribution in [3.05, 3.63) is 70.3 Å². The number of aliphatic hydroxyl groups excluding tert-OH is 5. The summed E-state index contributed by atoms with van der Waals surface area (Å²) in [6.07, 6.45) is -8.48. The number of rotatable bonds is 11. The monoisotopic (exact) mass is 482 g/mol. The molecule has 0 fully saturated rings. The third kappa shape index (κ3) is 6.59. The van der Waals surface area contributed by atoms with Gasteiger partial charge in [-0.3, -0.25) is 0 Å². The van der Waals surface area contributed by atoms with Crippen molar-refractivity contribution in [1.82, 2.24) is 0 Å². The molecule has 34 heavy (non-hydrogen) atoms. The molecule has 6 N–H and O–H groups in total. The Hall–Kier alpha value is -1.94. The maximum absolute atomic E-state index is 14.6. The van der Waals surface area contributed by atoms with Gasteiger partial charge in [0.2, 0.25) is 0 Å². The van der Waals surface area contributed by atoms with Gasteiger partial charge in [0.15, 0.2) is 0 Å². The zero-order valence-electron chi connectivity index (χ0n) is 20.0. The molecule has 8 heteroatoms. The molecular weight excluding hydrogens is 446 g/mol. The van der Waals surface area contributed by atoms with Crippen LogP contribution in [0.25, 0.3) is 0 Å². The molecule has 0 aromatic heterocycles. The zero-order chi connectivity index (χ0) is 25.8. The average molecular weight is 483 g/mol. The number of hydrogen-bond donors (Lipinski definition) is 6. The predicted molar refractivity (Wildman–Crippen MR) is 124 cm³/mol. The minimum atomic E-state index is -2.17. The van der Waals surface area contributed by atoms with Crippen molar-refractivity contribution >= 4 is 0 Å². The molecule has 0 radical (unpaired) electrons. The molecule has 0 bridgehead atoms. The summed E-state index contributed by atoms with van der Waals surface area (Å²) in [5.74, 6) is -1.13.